The van der Waals surface area contributed by atoms with Crippen molar-refractivity contribution < 1.29 is 0 Å². The van der Waals surface area contributed by atoms with Crippen molar-refractivity contribution in [2.75, 3.05) is 0 Å². The van der Waals surface area contributed by atoms with E-state index in [9.17, 15) is 0 Å². The lowest BCUT2D eigenvalue weighted by Crippen LogP contribution is -2.22. The molecule has 0 N–H and O–H groups in total. The molecule has 0 atom stereocenters. The molecule has 0 unspecified atom stereocenters. The van der Waals surface area contributed by atoms with E-state index < -0.39 is 0 Å². The molecule has 0 bridgehead atoms. The number of unbranched alkanes of at least 4 members (excludes halogenated alkanes) is 4. The van der Waals surface area contributed by atoms with Crippen molar-refractivity contribution in [2.24, 2.45) is 22.0 Å². The van der Waals surface area contributed by atoms with Crippen LogP contribution in [-0.2, 0) is 6.42 Å². The van der Waals surface area contributed by atoms with E-state index in [0.717, 1.165) is 11.5 Å². The van der Waals surface area contributed by atoms with Gasteiger partial charge < -0.3 is 0 Å². The lowest BCUT2D eigenvalue weighted by molar-refractivity contribution is 0.301. The molecule has 0 heterocycles. The second kappa shape index (κ2) is 14.0. The van der Waals surface area contributed by atoms with Gasteiger partial charge in [0.25, 0.3) is 0 Å². The molecule has 2 aromatic carbocycles. The molecule has 3 rings (SSSR count). The monoisotopic (exact) mass is 430 g/mol. The van der Waals surface area contributed by atoms with Gasteiger partial charge in [-0.2, -0.15) is 10.2 Å². The molecule has 32 heavy (non-hydrogen) atoms. The van der Waals surface area contributed by atoms with Gasteiger partial charge in [0, 0.05) is 5.92 Å². The third kappa shape index (κ3) is 8.04. The summed E-state index contributed by atoms with van der Waals surface area (Å²) in [6, 6.07) is 19.5. The normalized spacial score (nSPS) is 19.5. The summed E-state index contributed by atoms with van der Waals surface area (Å²) < 4.78 is 0. The van der Waals surface area contributed by atoms with Gasteiger partial charge in [0.15, 0.2) is 0 Å². The van der Waals surface area contributed by atoms with E-state index in [1.165, 1.54) is 93.9 Å². The average Bonchev–Trinajstić information content (AvgIpc) is 2.85. The van der Waals surface area contributed by atoms with E-state index in [1.54, 1.807) is 0 Å². The summed E-state index contributed by atoms with van der Waals surface area (Å²) in [5, 5.41) is 9.32. The molecular formula is C30H42N2. The Morgan fingerprint density at radius 2 is 1.53 bits per heavy atom. The molecule has 0 amide bonds. The highest BCUT2D eigenvalue weighted by Crippen LogP contribution is 2.34. The van der Waals surface area contributed by atoms with Crippen LogP contribution in [0.1, 0.15) is 101 Å². The minimum absolute atomic E-state index is 0.526. The SMILES string of the molecule is CCCCCCc1ccc(C=NN=C(c2ccccc2)[C@H]2CC[C@H](CCCC)CC2)cc1. The van der Waals surface area contributed by atoms with Gasteiger partial charge >= 0.3 is 0 Å². The van der Waals surface area contributed by atoms with Crippen molar-refractivity contribution in [3.63, 3.8) is 0 Å². The lowest BCUT2D eigenvalue weighted by Gasteiger charge is -2.29. The van der Waals surface area contributed by atoms with Crippen LogP contribution in [-0.4, -0.2) is 11.9 Å². The number of nitrogens with zero attached hydrogens (tertiary/aromatic N) is 2. The number of benzene rings is 2. The van der Waals surface area contributed by atoms with Crippen molar-refractivity contribution in [3.05, 3.63) is 71.3 Å². The molecule has 1 fully saturated rings. The van der Waals surface area contributed by atoms with Crippen molar-refractivity contribution in [3.8, 4) is 0 Å². The zero-order valence-corrected chi connectivity index (χ0v) is 20.3. The first kappa shape index (κ1) is 24.4. The predicted octanol–water partition coefficient (Wildman–Crippen LogP) is 8.63. The third-order valence-corrected chi connectivity index (χ3v) is 6.94. The Kier molecular flexibility index (Phi) is 10.7. The highest BCUT2D eigenvalue weighted by atomic mass is 15.2. The second-order valence-electron chi connectivity index (χ2n) is 9.51. The van der Waals surface area contributed by atoms with Crippen LogP contribution in [0.3, 0.4) is 0 Å². The van der Waals surface area contributed by atoms with E-state index in [4.69, 9.17) is 5.10 Å². The van der Waals surface area contributed by atoms with Gasteiger partial charge in [-0.15, -0.1) is 0 Å². The van der Waals surface area contributed by atoms with Crippen molar-refractivity contribution in [1.82, 2.24) is 0 Å². The predicted molar refractivity (Wildman–Crippen MR) is 140 cm³/mol. The van der Waals surface area contributed by atoms with E-state index in [-0.39, 0.29) is 0 Å². The second-order valence-corrected chi connectivity index (χ2v) is 9.51. The summed E-state index contributed by atoms with van der Waals surface area (Å²) in [5.74, 6) is 1.44. The Morgan fingerprint density at radius 1 is 0.812 bits per heavy atom. The van der Waals surface area contributed by atoms with E-state index in [1.807, 2.05) is 6.21 Å². The third-order valence-electron chi connectivity index (χ3n) is 6.94. The molecule has 0 saturated heterocycles. The van der Waals surface area contributed by atoms with Gasteiger partial charge in [-0.1, -0.05) is 107 Å². The van der Waals surface area contributed by atoms with E-state index in [2.05, 4.69) is 73.5 Å². The van der Waals surface area contributed by atoms with Gasteiger partial charge in [-0.3, -0.25) is 0 Å². The smallest absolute Gasteiger partial charge is 0.0733 e. The van der Waals surface area contributed by atoms with Crippen LogP contribution in [0, 0.1) is 11.8 Å². The Morgan fingerprint density at radius 3 is 2.22 bits per heavy atom. The summed E-state index contributed by atoms with van der Waals surface area (Å²) in [6.45, 7) is 4.56. The molecular weight excluding hydrogens is 388 g/mol. The van der Waals surface area contributed by atoms with E-state index >= 15 is 0 Å². The zero-order chi connectivity index (χ0) is 22.4. The van der Waals surface area contributed by atoms with Gasteiger partial charge in [-0.25, -0.2) is 0 Å². The van der Waals surface area contributed by atoms with Crippen molar-refractivity contribution in [1.29, 1.82) is 0 Å². The molecule has 0 aromatic heterocycles. The van der Waals surface area contributed by atoms with Gasteiger partial charge in [0.1, 0.15) is 0 Å². The first-order chi connectivity index (χ1) is 15.8. The Hall–Kier alpha value is -2.22. The maximum absolute atomic E-state index is 4.78. The molecule has 1 aliphatic rings. The number of rotatable bonds is 12. The molecule has 1 aliphatic carbocycles. The summed E-state index contributed by atoms with van der Waals surface area (Å²) >= 11 is 0. The maximum atomic E-state index is 4.78. The highest BCUT2D eigenvalue weighted by Gasteiger charge is 2.25. The molecule has 172 valence electrons. The Labute approximate surface area is 196 Å². The summed E-state index contributed by atoms with van der Waals surface area (Å²) in [5.41, 5.74) is 4.95. The van der Waals surface area contributed by atoms with Crippen LogP contribution in [0.4, 0.5) is 0 Å². The molecule has 0 radical (unpaired) electrons. The summed E-state index contributed by atoms with van der Waals surface area (Å²) in [7, 11) is 0. The molecule has 2 nitrogen and oxygen atoms in total. The average molecular weight is 431 g/mol. The topological polar surface area (TPSA) is 24.7 Å². The fraction of sp³-hybridized carbons (Fsp3) is 0.533. The van der Waals surface area contributed by atoms with Crippen LogP contribution in [0.25, 0.3) is 0 Å². The Balaban J connectivity index is 1.63. The zero-order valence-electron chi connectivity index (χ0n) is 20.3. The molecule has 2 aromatic rings. The van der Waals surface area contributed by atoms with Crippen molar-refractivity contribution in [2.45, 2.75) is 90.9 Å². The minimum Gasteiger partial charge on any atom is -0.158 e. The van der Waals surface area contributed by atoms with Crippen molar-refractivity contribution >= 4 is 11.9 Å². The van der Waals surface area contributed by atoms with Gasteiger partial charge in [-0.05, 0) is 61.1 Å². The lowest BCUT2D eigenvalue weighted by atomic mass is 9.76. The molecule has 2 heteroatoms. The highest BCUT2D eigenvalue weighted by molar-refractivity contribution is 6.02. The summed E-state index contributed by atoms with van der Waals surface area (Å²) in [4.78, 5) is 0. The first-order valence-electron chi connectivity index (χ1n) is 13.1. The number of hydrogen-bond donors (Lipinski definition) is 0. The Bertz CT molecular complexity index is 812. The largest absolute Gasteiger partial charge is 0.158 e. The van der Waals surface area contributed by atoms with Crippen LogP contribution < -0.4 is 0 Å². The van der Waals surface area contributed by atoms with Crippen LogP contribution in [0.15, 0.2) is 64.8 Å². The number of aryl methyl sites for hydroxylation is 1. The molecule has 0 spiro atoms. The standard InChI is InChI=1S/C30H42N2/c1-3-5-7-9-13-26-16-18-27(19-17-26)24-31-32-30(28-14-10-8-11-15-28)29-22-20-25(21-23-29)12-6-4-2/h8,10-11,14-19,24-25,29H,3-7,9,12-13,20-23H2,1-2H3/t25-,29-. The first-order valence-corrected chi connectivity index (χ1v) is 13.1. The maximum Gasteiger partial charge on any atom is 0.0733 e. The van der Waals surface area contributed by atoms with Gasteiger partial charge in [0.05, 0.1) is 11.9 Å². The molecule has 1 saturated carbocycles. The molecule has 0 aliphatic heterocycles. The number of hydrogen-bond acceptors (Lipinski definition) is 2. The summed E-state index contributed by atoms with van der Waals surface area (Å²) in [6.07, 6.45) is 17.6. The quantitative estimate of drug-likeness (QED) is 0.183. The van der Waals surface area contributed by atoms with Crippen LogP contribution >= 0.6 is 0 Å². The minimum atomic E-state index is 0.526. The van der Waals surface area contributed by atoms with E-state index in [0.29, 0.717) is 5.92 Å². The van der Waals surface area contributed by atoms with Crippen LogP contribution in [0.2, 0.25) is 0 Å². The van der Waals surface area contributed by atoms with Gasteiger partial charge in [0.2, 0.25) is 0 Å². The fourth-order valence-corrected chi connectivity index (χ4v) is 4.89. The fourth-order valence-electron chi connectivity index (χ4n) is 4.89. The van der Waals surface area contributed by atoms with Crippen LogP contribution in [0.5, 0.6) is 0 Å².